The van der Waals surface area contributed by atoms with E-state index in [9.17, 15) is 14.4 Å². The fourth-order valence-electron chi connectivity index (χ4n) is 4.72. The second-order valence-corrected chi connectivity index (χ2v) is 7.74. The summed E-state index contributed by atoms with van der Waals surface area (Å²) in [7, 11) is 0. The summed E-state index contributed by atoms with van der Waals surface area (Å²) in [5.74, 6) is -0.982. The zero-order chi connectivity index (χ0) is 19.4. The highest BCUT2D eigenvalue weighted by molar-refractivity contribution is 6.23. The van der Waals surface area contributed by atoms with Crippen LogP contribution in [0.4, 0.5) is 5.69 Å². The summed E-state index contributed by atoms with van der Waals surface area (Å²) >= 11 is 0. The number of aryl methyl sites for hydroxylation is 1. The van der Waals surface area contributed by atoms with Crippen molar-refractivity contribution in [1.82, 2.24) is 0 Å². The smallest absolute Gasteiger partial charge is 0.343 e. The number of imide groups is 1. The van der Waals surface area contributed by atoms with Crippen molar-refractivity contribution >= 4 is 23.5 Å². The van der Waals surface area contributed by atoms with E-state index in [1.54, 1.807) is 36.4 Å². The third-order valence-corrected chi connectivity index (χ3v) is 6.07. The molecule has 1 aliphatic heterocycles. The van der Waals surface area contributed by atoms with Crippen LogP contribution in [0.25, 0.3) is 0 Å². The van der Waals surface area contributed by atoms with Gasteiger partial charge in [0.05, 0.1) is 23.1 Å². The number of hydrogen-bond acceptors (Lipinski definition) is 4. The molecule has 2 aromatic carbocycles. The predicted octanol–water partition coefficient (Wildman–Crippen LogP) is 3.53. The average Bonchev–Trinajstić information content (AvgIpc) is 3.37. The summed E-state index contributed by atoms with van der Waals surface area (Å²) in [4.78, 5) is 39.9. The van der Waals surface area contributed by atoms with Crippen LogP contribution in [0, 0.1) is 30.6 Å². The molecule has 5 nitrogen and oxygen atoms in total. The van der Waals surface area contributed by atoms with Gasteiger partial charge in [0.2, 0.25) is 11.8 Å². The Labute approximate surface area is 162 Å². The number of fused-ring (bicyclic) bond motifs is 5. The first-order valence-corrected chi connectivity index (χ1v) is 9.48. The lowest BCUT2D eigenvalue weighted by atomic mass is 9.85. The third kappa shape index (κ3) is 2.43. The Hall–Kier alpha value is -3.21. The summed E-state index contributed by atoms with van der Waals surface area (Å²) in [6, 6.07) is 13.8. The van der Waals surface area contributed by atoms with Crippen molar-refractivity contribution in [1.29, 1.82) is 0 Å². The number of esters is 1. The zero-order valence-electron chi connectivity index (χ0n) is 15.4. The zero-order valence-corrected chi connectivity index (χ0v) is 15.4. The SMILES string of the molecule is Cc1ccc(C(=O)Oc2ccccc2N2C(=O)[C@@H]3[C@H](C2=O)[C@@H]2C=C[C@@H]3C2)cc1. The van der Waals surface area contributed by atoms with E-state index < -0.39 is 5.97 Å². The Bertz CT molecular complexity index is 993. The maximum Gasteiger partial charge on any atom is 0.343 e. The van der Waals surface area contributed by atoms with Crippen LogP contribution in [-0.2, 0) is 9.59 Å². The van der Waals surface area contributed by atoms with Gasteiger partial charge in [-0.25, -0.2) is 9.69 Å². The van der Waals surface area contributed by atoms with Crippen molar-refractivity contribution in [2.24, 2.45) is 23.7 Å². The van der Waals surface area contributed by atoms with Gasteiger partial charge in [0.25, 0.3) is 0 Å². The van der Waals surface area contributed by atoms with Gasteiger partial charge in [-0.05, 0) is 49.4 Å². The number of amides is 2. The lowest BCUT2D eigenvalue weighted by Gasteiger charge is -2.20. The number of anilines is 1. The molecule has 2 fully saturated rings. The molecule has 4 atom stereocenters. The maximum absolute atomic E-state index is 13.1. The van der Waals surface area contributed by atoms with Crippen molar-refractivity contribution in [3.63, 3.8) is 0 Å². The number of ether oxygens (including phenoxy) is 1. The number of nitrogens with zero attached hydrogens (tertiary/aromatic N) is 1. The summed E-state index contributed by atoms with van der Waals surface area (Å²) in [6.45, 7) is 1.94. The highest BCUT2D eigenvalue weighted by Gasteiger charge is 2.59. The van der Waals surface area contributed by atoms with Crippen molar-refractivity contribution < 1.29 is 19.1 Å². The molecule has 2 bridgehead atoms. The highest BCUT2D eigenvalue weighted by Crippen LogP contribution is 2.53. The van der Waals surface area contributed by atoms with Gasteiger partial charge in [-0.3, -0.25) is 9.59 Å². The van der Waals surface area contributed by atoms with Crippen LogP contribution in [0.15, 0.2) is 60.7 Å². The molecule has 0 spiro atoms. The Morgan fingerprint density at radius 1 is 0.929 bits per heavy atom. The number of rotatable bonds is 3. The average molecular weight is 373 g/mol. The predicted molar refractivity (Wildman–Crippen MR) is 103 cm³/mol. The molecule has 28 heavy (non-hydrogen) atoms. The molecule has 1 saturated carbocycles. The minimum absolute atomic E-state index is 0.138. The van der Waals surface area contributed by atoms with Gasteiger partial charge in [-0.2, -0.15) is 0 Å². The maximum atomic E-state index is 13.1. The normalized spacial score (nSPS) is 27.4. The van der Waals surface area contributed by atoms with Crippen LogP contribution in [0.5, 0.6) is 5.75 Å². The van der Waals surface area contributed by atoms with Gasteiger partial charge in [0.15, 0.2) is 5.75 Å². The van der Waals surface area contributed by atoms with E-state index in [4.69, 9.17) is 4.74 Å². The molecule has 0 aromatic heterocycles. The molecule has 0 radical (unpaired) electrons. The second-order valence-electron chi connectivity index (χ2n) is 7.74. The lowest BCUT2D eigenvalue weighted by Crippen LogP contribution is -2.33. The van der Waals surface area contributed by atoms with Gasteiger partial charge in [0, 0.05) is 0 Å². The Kier molecular flexibility index (Phi) is 3.72. The van der Waals surface area contributed by atoms with E-state index in [0.717, 1.165) is 12.0 Å². The van der Waals surface area contributed by atoms with Gasteiger partial charge < -0.3 is 4.74 Å². The van der Waals surface area contributed by atoms with Crippen LogP contribution < -0.4 is 9.64 Å². The summed E-state index contributed by atoms with van der Waals surface area (Å²) in [6.07, 6.45) is 5.00. The number of para-hydroxylation sites is 2. The standard InChI is InChI=1S/C23H19NO4/c1-13-6-8-14(9-7-13)23(27)28-18-5-3-2-4-17(18)24-21(25)19-15-10-11-16(12-15)20(19)22(24)26/h2-11,15-16,19-20H,12H2,1H3/t15-,16-,19-,20+/m1/s1. The lowest BCUT2D eigenvalue weighted by molar-refractivity contribution is -0.123. The first-order valence-electron chi connectivity index (χ1n) is 9.48. The van der Waals surface area contributed by atoms with E-state index in [-0.39, 0.29) is 41.2 Å². The molecular weight excluding hydrogens is 354 g/mol. The minimum Gasteiger partial charge on any atom is -0.421 e. The highest BCUT2D eigenvalue weighted by atomic mass is 16.5. The van der Waals surface area contributed by atoms with Crippen LogP contribution in [-0.4, -0.2) is 17.8 Å². The van der Waals surface area contributed by atoms with E-state index >= 15 is 0 Å². The van der Waals surface area contributed by atoms with Crippen LogP contribution in [0.3, 0.4) is 0 Å². The fraction of sp³-hybridized carbons (Fsp3) is 0.261. The van der Waals surface area contributed by atoms with Crippen molar-refractivity contribution in [3.8, 4) is 5.75 Å². The Morgan fingerprint density at radius 2 is 1.54 bits per heavy atom. The van der Waals surface area contributed by atoms with Crippen LogP contribution >= 0.6 is 0 Å². The van der Waals surface area contributed by atoms with Gasteiger partial charge in [-0.1, -0.05) is 42.0 Å². The van der Waals surface area contributed by atoms with Crippen molar-refractivity contribution in [2.45, 2.75) is 13.3 Å². The van der Waals surface area contributed by atoms with E-state index in [1.807, 2.05) is 19.1 Å². The molecular formula is C23H19NO4. The molecule has 1 saturated heterocycles. The van der Waals surface area contributed by atoms with E-state index in [2.05, 4.69) is 12.2 Å². The van der Waals surface area contributed by atoms with Crippen molar-refractivity contribution in [2.75, 3.05) is 4.90 Å². The summed E-state index contributed by atoms with van der Waals surface area (Å²) < 4.78 is 5.57. The molecule has 0 N–H and O–H groups in total. The molecule has 5 rings (SSSR count). The molecule has 2 aromatic rings. The number of carbonyl (C=O) groups excluding carboxylic acids is 3. The molecule has 2 aliphatic carbocycles. The monoisotopic (exact) mass is 373 g/mol. The first kappa shape index (κ1) is 16.9. The molecule has 1 heterocycles. The number of benzene rings is 2. The molecule has 0 unspecified atom stereocenters. The molecule has 5 heteroatoms. The summed E-state index contributed by atoms with van der Waals surface area (Å²) in [5, 5.41) is 0. The Morgan fingerprint density at radius 3 is 2.18 bits per heavy atom. The minimum atomic E-state index is -0.520. The van der Waals surface area contributed by atoms with Gasteiger partial charge in [-0.15, -0.1) is 0 Å². The number of hydrogen-bond donors (Lipinski definition) is 0. The number of carbonyl (C=O) groups is 3. The van der Waals surface area contributed by atoms with Gasteiger partial charge >= 0.3 is 5.97 Å². The second kappa shape index (κ2) is 6.16. The first-order chi connectivity index (χ1) is 13.5. The Balaban J connectivity index is 1.46. The topological polar surface area (TPSA) is 63.7 Å². The van der Waals surface area contributed by atoms with Crippen LogP contribution in [0.2, 0.25) is 0 Å². The third-order valence-electron chi connectivity index (χ3n) is 6.07. The number of allylic oxidation sites excluding steroid dienone is 2. The summed E-state index contributed by atoms with van der Waals surface area (Å²) in [5.41, 5.74) is 1.80. The largest absolute Gasteiger partial charge is 0.421 e. The van der Waals surface area contributed by atoms with E-state index in [0.29, 0.717) is 11.3 Å². The molecule has 140 valence electrons. The van der Waals surface area contributed by atoms with Crippen LogP contribution in [0.1, 0.15) is 22.3 Å². The van der Waals surface area contributed by atoms with E-state index in [1.165, 1.54) is 4.90 Å². The molecule has 3 aliphatic rings. The van der Waals surface area contributed by atoms with Crippen molar-refractivity contribution in [3.05, 3.63) is 71.8 Å². The fourth-order valence-corrected chi connectivity index (χ4v) is 4.72. The van der Waals surface area contributed by atoms with Gasteiger partial charge in [0.1, 0.15) is 0 Å². The molecule has 2 amide bonds. The quantitative estimate of drug-likeness (QED) is 0.357.